The number of fused-ring (bicyclic) bond motifs is 1. The lowest BCUT2D eigenvalue weighted by Gasteiger charge is -2.33. The van der Waals surface area contributed by atoms with Crippen molar-refractivity contribution in [3.8, 4) is 17.4 Å². The summed E-state index contributed by atoms with van der Waals surface area (Å²) in [5.41, 5.74) is 0. The first-order valence-electron chi connectivity index (χ1n) is 9.38. The monoisotopic (exact) mass is 384 g/mol. The average molecular weight is 384 g/mol. The molecule has 1 amide bonds. The molecule has 0 aliphatic carbocycles. The molecule has 8 heteroatoms. The summed E-state index contributed by atoms with van der Waals surface area (Å²) in [5, 5.41) is 0. The van der Waals surface area contributed by atoms with Gasteiger partial charge in [0.15, 0.2) is 17.3 Å². The SMILES string of the molecule is CC1Oc2ccccc2OC1C(=O)N1CCC(Oc2cncc(N(C)C)n2)C1. The fourth-order valence-corrected chi connectivity index (χ4v) is 3.38. The van der Waals surface area contributed by atoms with Gasteiger partial charge < -0.3 is 24.0 Å². The van der Waals surface area contributed by atoms with Crippen LogP contribution in [0.5, 0.6) is 17.4 Å². The van der Waals surface area contributed by atoms with Gasteiger partial charge in [-0.1, -0.05) is 12.1 Å². The van der Waals surface area contributed by atoms with Crippen LogP contribution in [0.2, 0.25) is 0 Å². The number of rotatable bonds is 4. The molecule has 1 fully saturated rings. The van der Waals surface area contributed by atoms with Crippen LogP contribution in [0.15, 0.2) is 36.7 Å². The van der Waals surface area contributed by atoms with E-state index in [2.05, 4.69) is 9.97 Å². The lowest BCUT2D eigenvalue weighted by atomic mass is 10.1. The lowest BCUT2D eigenvalue weighted by Crippen LogP contribution is -2.50. The highest BCUT2D eigenvalue weighted by Gasteiger charge is 2.39. The number of amides is 1. The third kappa shape index (κ3) is 3.67. The number of benzene rings is 1. The second kappa shape index (κ2) is 7.53. The number of ether oxygens (including phenoxy) is 3. The first-order valence-corrected chi connectivity index (χ1v) is 9.38. The highest BCUT2D eigenvalue weighted by atomic mass is 16.6. The van der Waals surface area contributed by atoms with Gasteiger partial charge in [-0.05, 0) is 19.1 Å². The summed E-state index contributed by atoms with van der Waals surface area (Å²) in [6.07, 6.45) is 2.86. The van der Waals surface area contributed by atoms with E-state index < -0.39 is 6.10 Å². The zero-order chi connectivity index (χ0) is 19.7. The van der Waals surface area contributed by atoms with Crippen molar-refractivity contribution in [3.63, 3.8) is 0 Å². The summed E-state index contributed by atoms with van der Waals surface area (Å²) in [7, 11) is 3.80. The highest BCUT2D eigenvalue weighted by Crippen LogP contribution is 2.34. The second-order valence-electron chi connectivity index (χ2n) is 7.23. The largest absolute Gasteiger partial charge is 0.482 e. The summed E-state index contributed by atoms with van der Waals surface area (Å²) in [6.45, 7) is 2.95. The number of para-hydroxylation sites is 2. The predicted octanol–water partition coefficient (Wildman–Crippen LogP) is 1.75. The number of aromatic nitrogens is 2. The van der Waals surface area contributed by atoms with E-state index in [4.69, 9.17) is 14.2 Å². The Morgan fingerprint density at radius 1 is 1.21 bits per heavy atom. The molecule has 0 N–H and O–H groups in total. The molecular weight excluding hydrogens is 360 g/mol. The van der Waals surface area contributed by atoms with Crippen molar-refractivity contribution < 1.29 is 19.0 Å². The summed E-state index contributed by atoms with van der Waals surface area (Å²) < 4.78 is 17.7. The summed E-state index contributed by atoms with van der Waals surface area (Å²) in [6, 6.07) is 7.40. The van der Waals surface area contributed by atoms with Crippen LogP contribution in [-0.2, 0) is 4.79 Å². The van der Waals surface area contributed by atoms with Gasteiger partial charge in [0.2, 0.25) is 12.0 Å². The van der Waals surface area contributed by atoms with Crippen LogP contribution in [0, 0.1) is 0 Å². The van der Waals surface area contributed by atoms with Crippen molar-refractivity contribution in [3.05, 3.63) is 36.7 Å². The average Bonchev–Trinajstić information content (AvgIpc) is 3.15. The summed E-state index contributed by atoms with van der Waals surface area (Å²) in [5.74, 6) is 2.37. The van der Waals surface area contributed by atoms with E-state index in [1.54, 1.807) is 17.3 Å². The van der Waals surface area contributed by atoms with Gasteiger partial charge in [0.25, 0.3) is 5.91 Å². The van der Waals surface area contributed by atoms with Crippen LogP contribution >= 0.6 is 0 Å². The minimum atomic E-state index is -0.662. The van der Waals surface area contributed by atoms with Crippen molar-refractivity contribution in [1.82, 2.24) is 14.9 Å². The van der Waals surface area contributed by atoms with Gasteiger partial charge in [0, 0.05) is 27.1 Å². The van der Waals surface area contributed by atoms with E-state index >= 15 is 0 Å². The van der Waals surface area contributed by atoms with Crippen molar-refractivity contribution in [2.75, 3.05) is 32.1 Å². The van der Waals surface area contributed by atoms with Crippen LogP contribution < -0.4 is 19.1 Å². The molecule has 3 atom stereocenters. The van der Waals surface area contributed by atoms with Crippen LogP contribution in [0.3, 0.4) is 0 Å². The van der Waals surface area contributed by atoms with Crippen molar-refractivity contribution in [1.29, 1.82) is 0 Å². The van der Waals surface area contributed by atoms with Crippen LogP contribution in [0.4, 0.5) is 5.82 Å². The van der Waals surface area contributed by atoms with E-state index in [9.17, 15) is 4.79 Å². The molecule has 0 spiro atoms. The maximum Gasteiger partial charge on any atom is 0.267 e. The third-order valence-corrected chi connectivity index (χ3v) is 4.89. The van der Waals surface area contributed by atoms with Crippen LogP contribution in [0.25, 0.3) is 0 Å². The molecule has 1 saturated heterocycles. The molecule has 0 radical (unpaired) electrons. The highest BCUT2D eigenvalue weighted by molar-refractivity contribution is 5.82. The van der Waals surface area contributed by atoms with Gasteiger partial charge in [0.05, 0.1) is 18.9 Å². The Balaban J connectivity index is 1.39. The molecule has 0 saturated carbocycles. The minimum absolute atomic E-state index is 0.0822. The third-order valence-electron chi connectivity index (χ3n) is 4.89. The molecule has 1 aromatic heterocycles. The molecule has 8 nitrogen and oxygen atoms in total. The van der Waals surface area contributed by atoms with E-state index in [0.717, 1.165) is 12.2 Å². The number of hydrogen-bond acceptors (Lipinski definition) is 7. The van der Waals surface area contributed by atoms with Crippen molar-refractivity contribution in [2.45, 2.75) is 31.7 Å². The first kappa shape index (κ1) is 18.3. The Bertz CT molecular complexity index is 860. The smallest absolute Gasteiger partial charge is 0.267 e. The van der Waals surface area contributed by atoms with Crippen molar-refractivity contribution >= 4 is 11.7 Å². The van der Waals surface area contributed by atoms with Gasteiger partial charge in [-0.3, -0.25) is 9.78 Å². The standard InChI is InChI=1S/C20H24N4O4/c1-13-19(28-16-7-5-4-6-15(16)26-13)20(25)24-9-8-14(12-24)27-18-11-21-10-17(22-18)23(2)3/h4-7,10-11,13-14,19H,8-9,12H2,1-3H3. The summed E-state index contributed by atoms with van der Waals surface area (Å²) in [4.78, 5) is 25.2. The number of carbonyl (C=O) groups excluding carboxylic acids is 1. The van der Waals surface area contributed by atoms with Gasteiger partial charge in [-0.2, -0.15) is 4.98 Å². The number of anilines is 1. The summed E-state index contributed by atoms with van der Waals surface area (Å²) >= 11 is 0. The second-order valence-corrected chi connectivity index (χ2v) is 7.23. The number of nitrogens with zero attached hydrogens (tertiary/aromatic N) is 4. The zero-order valence-electron chi connectivity index (χ0n) is 16.2. The molecule has 4 rings (SSSR count). The van der Waals surface area contributed by atoms with Gasteiger partial charge in [-0.25, -0.2) is 0 Å². The lowest BCUT2D eigenvalue weighted by molar-refractivity contribution is -0.143. The quantitative estimate of drug-likeness (QED) is 0.795. The molecule has 3 heterocycles. The van der Waals surface area contributed by atoms with E-state index in [-0.39, 0.29) is 18.1 Å². The Morgan fingerprint density at radius 2 is 1.96 bits per heavy atom. The van der Waals surface area contributed by atoms with Crippen molar-refractivity contribution in [2.24, 2.45) is 0 Å². The van der Waals surface area contributed by atoms with Gasteiger partial charge >= 0.3 is 0 Å². The van der Waals surface area contributed by atoms with Gasteiger partial charge in [0.1, 0.15) is 12.2 Å². The molecule has 2 aliphatic rings. The normalized spacial score (nSPS) is 23.4. The Morgan fingerprint density at radius 3 is 2.71 bits per heavy atom. The molecule has 3 unspecified atom stereocenters. The Labute approximate surface area is 164 Å². The number of carbonyl (C=O) groups is 1. The first-order chi connectivity index (χ1) is 13.5. The zero-order valence-corrected chi connectivity index (χ0v) is 16.2. The Kier molecular flexibility index (Phi) is 4.93. The van der Waals surface area contributed by atoms with Gasteiger partial charge in [-0.15, -0.1) is 0 Å². The fraction of sp³-hybridized carbons (Fsp3) is 0.450. The Hall–Kier alpha value is -3.03. The maximum atomic E-state index is 13.0. The van der Waals surface area contributed by atoms with E-state index in [1.165, 1.54) is 0 Å². The van der Waals surface area contributed by atoms with E-state index in [1.807, 2.05) is 50.2 Å². The molecule has 2 aliphatic heterocycles. The topological polar surface area (TPSA) is 77.0 Å². The predicted molar refractivity (Wildman–Crippen MR) is 103 cm³/mol. The molecule has 0 bridgehead atoms. The fourth-order valence-electron chi connectivity index (χ4n) is 3.38. The molecule has 2 aromatic rings. The number of likely N-dealkylation sites (tertiary alicyclic amines) is 1. The maximum absolute atomic E-state index is 13.0. The van der Waals surface area contributed by atoms with Crippen LogP contribution in [0.1, 0.15) is 13.3 Å². The van der Waals surface area contributed by atoms with Crippen LogP contribution in [-0.4, -0.2) is 66.3 Å². The molecular formula is C20H24N4O4. The number of hydrogen-bond donors (Lipinski definition) is 0. The molecule has 148 valence electrons. The minimum Gasteiger partial charge on any atom is -0.482 e. The van der Waals surface area contributed by atoms with E-state index in [0.29, 0.717) is 30.5 Å². The molecule has 1 aromatic carbocycles. The molecule has 28 heavy (non-hydrogen) atoms.